The number of furan rings is 1. The van der Waals surface area contributed by atoms with Gasteiger partial charge in [0.25, 0.3) is 0 Å². The molecule has 6 heteroatoms. The van der Waals surface area contributed by atoms with Crippen molar-refractivity contribution < 1.29 is 13.9 Å². The van der Waals surface area contributed by atoms with Crippen LogP contribution in [0.5, 0.6) is 0 Å². The molecule has 0 atom stereocenters. The van der Waals surface area contributed by atoms with Gasteiger partial charge in [-0.2, -0.15) is 0 Å². The molecule has 1 aromatic heterocycles. The van der Waals surface area contributed by atoms with Crippen molar-refractivity contribution in [3.05, 3.63) is 53.5 Å². The quantitative estimate of drug-likeness (QED) is 0.481. The molecule has 0 aliphatic rings. The van der Waals surface area contributed by atoms with Crippen molar-refractivity contribution in [3.63, 3.8) is 0 Å². The lowest BCUT2D eigenvalue weighted by atomic mass is 10.1. The van der Waals surface area contributed by atoms with Crippen LogP contribution in [0.4, 0.5) is 5.69 Å². The average Bonchev–Trinajstić information content (AvgIpc) is 3.06. The van der Waals surface area contributed by atoms with Gasteiger partial charge in [-0.05, 0) is 55.4 Å². The first-order chi connectivity index (χ1) is 11.1. The molecule has 122 valence electrons. The molecule has 1 heterocycles. The molecule has 1 aromatic carbocycles. The van der Waals surface area contributed by atoms with Crippen LogP contribution in [0.1, 0.15) is 28.1 Å². The van der Waals surface area contributed by atoms with Crippen molar-refractivity contribution in [1.29, 1.82) is 0 Å². The van der Waals surface area contributed by atoms with E-state index < -0.39 is 0 Å². The molecule has 0 spiro atoms. The van der Waals surface area contributed by atoms with Crippen molar-refractivity contribution in [3.8, 4) is 0 Å². The maximum absolute atomic E-state index is 11.7. The molecular weight excluding hydrogens is 312 g/mol. The Bertz CT molecular complexity index is 668. The fraction of sp³-hybridized carbons (Fsp3) is 0.294. The number of hydrogen-bond acceptors (Lipinski definition) is 4. The monoisotopic (exact) mass is 332 g/mol. The standard InChI is InChI=1S/C17H20N2O3S/c1-12-14(16(20)21-2)8-3-9-15(12)19-17(23)18-10-4-6-13-7-5-11-22-13/h3,5,7-9,11H,4,6,10H2,1-2H3,(H2,18,19,23). The van der Waals surface area contributed by atoms with E-state index in [1.54, 1.807) is 18.4 Å². The van der Waals surface area contributed by atoms with E-state index in [4.69, 9.17) is 21.4 Å². The van der Waals surface area contributed by atoms with Crippen molar-refractivity contribution in [1.82, 2.24) is 5.32 Å². The molecule has 2 aromatic rings. The Kier molecular flexibility index (Phi) is 6.17. The molecule has 0 bridgehead atoms. The average molecular weight is 332 g/mol. The first-order valence-corrected chi connectivity index (χ1v) is 7.78. The van der Waals surface area contributed by atoms with Crippen LogP contribution >= 0.6 is 12.2 Å². The van der Waals surface area contributed by atoms with Gasteiger partial charge in [-0.1, -0.05) is 6.07 Å². The highest BCUT2D eigenvalue weighted by molar-refractivity contribution is 7.80. The molecule has 0 unspecified atom stereocenters. The van der Waals surface area contributed by atoms with E-state index in [9.17, 15) is 4.79 Å². The summed E-state index contributed by atoms with van der Waals surface area (Å²) in [6.45, 7) is 2.59. The van der Waals surface area contributed by atoms with Gasteiger partial charge in [0.15, 0.2) is 5.11 Å². The molecule has 0 amide bonds. The topological polar surface area (TPSA) is 63.5 Å². The largest absolute Gasteiger partial charge is 0.469 e. The minimum atomic E-state index is -0.358. The van der Waals surface area contributed by atoms with Crippen LogP contribution < -0.4 is 10.6 Å². The summed E-state index contributed by atoms with van der Waals surface area (Å²) < 4.78 is 10.0. The van der Waals surface area contributed by atoms with E-state index in [2.05, 4.69) is 10.6 Å². The molecule has 0 saturated heterocycles. The van der Waals surface area contributed by atoms with Gasteiger partial charge in [0.1, 0.15) is 5.76 Å². The Hall–Kier alpha value is -2.34. The number of nitrogens with one attached hydrogen (secondary N) is 2. The first-order valence-electron chi connectivity index (χ1n) is 7.37. The zero-order valence-electron chi connectivity index (χ0n) is 13.2. The van der Waals surface area contributed by atoms with Crippen LogP contribution in [-0.4, -0.2) is 24.7 Å². The summed E-state index contributed by atoms with van der Waals surface area (Å²) >= 11 is 5.28. The number of ether oxygens (including phenoxy) is 1. The predicted molar refractivity (Wildman–Crippen MR) is 93.8 cm³/mol. The maximum atomic E-state index is 11.7. The molecule has 0 saturated carbocycles. The minimum absolute atomic E-state index is 0.358. The third-order valence-corrected chi connectivity index (χ3v) is 3.70. The van der Waals surface area contributed by atoms with Crippen LogP contribution in [0.25, 0.3) is 0 Å². The van der Waals surface area contributed by atoms with Gasteiger partial charge >= 0.3 is 5.97 Å². The fourth-order valence-electron chi connectivity index (χ4n) is 2.19. The van der Waals surface area contributed by atoms with Crippen molar-refractivity contribution in [2.75, 3.05) is 19.0 Å². The van der Waals surface area contributed by atoms with Crippen molar-refractivity contribution >= 4 is 29.0 Å². The van der Waals surface area contributed by atoms with Gasteiger partial charge in [-0.25, -0.2) is 4.79 Å². The highest BCUT2D eigenvalue weighted by Crippen LogP contribution is 2.19. The highest BCUT2D eigenvalue weighted by Gasteiger charge is 2.12. The molecule has 0 aliphatic heterocycles. The number of esters is 1. The molecular formula is C17H20N2O3S. The Balaban J connectivity index is 1.84. The summed E-state index contributed by atoms with van der Waals surface area (Å²) in [5, 5.41) is 6.78. The van der Waals surface area contributed by atoms with E-state index in [1.807, 2.05) is 25.1 Å². The SMILES string of the molecule is COC(=O)c1cccc(NC(=S)NCCCc2ccco2)c1C. The number of hydrogen-bond donors (Lipinski definition) is 2. The highest BCUT2D eigenvalue weighted by atomic mass is 32.1. The molecule has 2 rings (SSSR count). The minimum Gasteiger partial charge on any atom is -0.469 e. The smallest absolute Gasteiger partial charge is 0.338 e. The number of methoxy groups -OCH3 is 1. The lowest BCUT2D eigenvalue weighted by molar-refractivity contribution is 0.0600. The van der Waals surface area contributed by atoms with Gasteiger partial charge in [-0.3, -0.25) is 0 Å². The number of aryl methyl sites for hydroxylation is 1. The molecule has 0 radical (unpaired) electrons. The van der Waals surface area contributed by atoms with Crippen molar-refractivity contribution in [2.24, 2.45) is 0 Å². The van der Waals surface area contributed by atoms with E-state index in [-0.39, 0.29) is 5.97 Å². The normalized spacial score (nSPS) is 10.2. The van der Waals surface area contributed by atoms with Crippen LogP contribution in [0.3, 0.4) is 0 Å². The number of rotatable bonds is 6. The second kappa shape index (κ2) is 8.33. The van der Waals surface area contributed by atoms with Crippen LogP contribution in [0, 0.1) is 6.92 Å². The molecule has 2 N–H and O–H groups in total. The summed E-state index contributed by atoms with van der Waals surface area (Å²) in [6.07, 6.45) is 3.45. The first kappa shape index (κ1) is 17.0. The summed E-state index contributed by atoms with van der Waals surface area (Å²) in [5.41, 5.74) is 2.12. The van der Waals surface area contributed by atoms with Crippen LogP contribution in [0.15, 0.2) is 41.0 Å². The van der Waals surface area contributed by atoms with Crippen LogP contribution in [0.2, 0.25) is 0 Å². The molecule has 23 heavy (non-hydrogen) atoms. The number of thiocarbonyl (C=S) groups is 1. The van der Waals surface area contributed by atoms with E-state index in [1.165, 1.54) is 7.11 Å². The Morgan fingerprint density at radius 3 is 2.83 bits per heavy atom. The summed E-state index contributed by atoms with van der Waals surface area (Å²) in [4.78, 5) is 11.7. The number of carbonyl (C=O) groups excluding carboxylic acids is 1. The predicted octanol–water partition coefficient (Wildman–Crippen LogP) is 3.29. The maximum Gasteiger partial charge on any atom is 0.338 e. The zero-order valence-corrected chi connectivity index (χ0v) is 14.0. The molecule has 0 aliphatic carbocycles. The van der Waals surface area contributed by atoms with Gasteiger partial charge in [0.2, 0.25) is 0 Å². The number of carbonyl (C=O) groups is 1. The number of benzene rings is 1. The Morgan fingerprint density at radius 2 is 2.13 bits per heavy atom. The van der Waals surface area contributed by atoms with Gasteiger partial charge < -0.3 is 19.8 Å². The summed E-state index contributed by atoms with van der Waals surface area (Å²) in [5.74, 6) is 0.607. The lowest BCUT2D eigenvalue weighted by Crippen LogP contribution is -2.29. The third-order valence-electron chi connectivity index (χ3n) is 3.45. The zero-order chi connectivity index (χ0) is 16.7. The summed E-state index contributed by atoms with van der Waals surface area (Å²) in [7, 11) is 1.37. The van der Waals surface area contributed by atoms with Gasteiger partial charge in [0, 0.05) is 18.7 Å². The second-order valence-electron chi connectivity index (χ2n) is 5.03. The molecule has 0 fully saturated rings. The second-order valence-corrected chi connectivity index (χ2v) is 5.44. The van der Waals surface area contributed by atoms with E-state index in [0.29, 0.717) is 10.7 Å². The van der Waals surface area contributed by atoms with Gasteiger partial charge in [-0.15, -0.1) is 0 Å². The van der Waals surface area contributed by atoms with Gasteiger partial charge in [0.05, 0.1) is 18.9 Å². The lowest BCUT2D eigenvalue weighted by Gasteiger charge is -2.14. The Morgan fingerprint density at radius 1 is 1.30 bits per heavy atom. The third kappa shape index (κ3) is 4.82. The molecule has 5 nitrogen and oxygen atoms in total. The van der Waals surface area contributed by atoms with E-state index >= 15 is 0 Å². The Labute approximate surface area is 141 Å². The van der Waals surface area contributed by atoms with E-state index in [0.717, 1.165) is 36.4 Å². The fourth-order valence-corrected chi connectivity index (χ4v) is 2.40. The van der Waals surface area contributed by atoms with Crippen molar-refractivity contribution in [2.45, 2.75) is 19.8 Å². The number of anilines is 1. The van der Waals surface area contributed by atoms with Crippen LogP contribution in [-0.2, 0) is 11.2 Å². The summed E-state index contributed by atoms with van der Waals surface area (Å²) in [6, 6.07) is 9.23.